The van der Waals surface area contributed by atoms with Crippen molar-refractivity contribution in [3.8, 4) is 11.5 Å². The van der Waals surface area contributed by atoms with Crippen LogP contribution in [0.2, 0.25) is 5.02 Å². The van der Waals surface area contributed by atoms with E-state index in [0.717, 1.165) is 18.7 Å². The van der Waals surface area contributed by atoms with Crippen molar-refractivity contribution in [1.82, 2.24) is 20.0 Å². The van der Waals surface area contributed by atoms with Crippen LogP contribution < -0.4 is 0 Å². The van der Waals surface area contributed by atoms with Crippen LogP contribution >= 0.6 is 11.6 Å². The molecular weight excluding hydrogens is 368 g/mol. The fourth-order valence-electron chi connectivity index (χ4n) is 2.92. The third-order valence-corrected chi connectivity index (χ3v) is 4.62. The maximum absolute atomic E-state index is 12.2. The van der Waals surface area contributed by atoms with Crippen molar-refractivity contribution in [2.45, 2.75) is 39.3 Å². The average Bonchev–Trinajstić information content (AvgIpc) is 3.10. The van der Waals surface area contributed by atoms with Gasteiger partial charge in [0.1, 0.15) is 5.60 Å². The Labute approximate surface area is 164 Å². The average molecular weight is 393 g/mol. The number of carbonyl (C=O) groups excluding carboxylic acids is 1. The highest BCUT2D eigenvalue weighted by Gasteiger charge is 2.29. The van der Waals surface area contributed by atoms with Crippen LogP contribution in [0.15, 0.2) is 28.7 Å². The number of ether oxygens (including phenoxy) is 1. The van der Waals surface area contributed by atoms with Gasteiger partial charge in [-0.1, -0.05) is 17.7 Å². The van der Waals surface area contributed by atoms with E-state index in [-0.39, 0.29) is 12.1 Å². The number of benzene rings is 1. The SMILES string of the molecule is C[C@@H](c1nnc(-c2cccc(Cl)c2)o1)N1CCN(C(=O)OC(C)(C)C)CC1. The summed E-state index contributed by atoms with van der Waals surface area (Å²) in [6.45, 7) is 10.3. The van der Waals surface area contributed by atoms with Gasteiger partial charge in [0, 0.05) is 36.8 Å². The molecule has 0 unspecified atom stereocenters. The number of rotatable bonds is 3. The van der Waals surface area contributed by atoms with Crippen molar-refractivity contribution in [1.29, 1.82) is 0 Å². The molecule has 1 amide bonds. The van der Waals surface area contributed by atoms with E-state index in [1.54, 1.807) is 17.0 Å². The van der Waals surface area contributed by atoms with Gasteiger partial charge in [-0.15, -0.1) is 10.2 Å². The highest BCUT2D eigenvalue weighted by atomic mass is 35.5. The molecule has 8 heteroatoms. The normalized spacial score (nSPS) is 17.0. The number of amides is 1. The van der Waals surface area contributed by atoms with Gasteiger partial charge in [0.15, 0.2) is 0 Å². The second-order valence-electron chi connectivity index (χ2n) is 7.64. The standard InChI is InChI=1S/C19H25ClN4O3/c1-13(16-21-22-17(26-16)14-6-5-7-15(20)12-14)23-8-10-24(11-9-23)18(25)27-19(2,3)4/h5-7,12-13H,8-11H2,1-4H3/t13-/m0/s1. The lowest BCUT2D eigenvalue weighted by Crippen LogP contribution is -2.50. The van der Waals surface area contributed by atoms with Crippen LogP contribution in [0.5, 0.6) is 0 Å². The lowest BCUT2D eigenvalue weighted by molar-refractivity contribution is 0.00987. The number of halogens is 1. The van der Waals surface area contributed by atoms with Crippen LogP contribution in [-0.2, 0) is 4.74 Å². The third-order valence-electron chi connectivity index (χ3n) is 4.38. The molecule has 1 aromatic carbocycles. The van der Waals surface area contributed by atoms with E-state index in [2.05, 4.69) is 15.1 Å². The molecule has 1 aromatic heterocycles. The Kier molecular flexibility index (Phi) is 5.72. The number of nitrogens with zero attached hydrogens (tertiary/aromatic N) is 4. The van der Waals surface area contributed by atoms with Crippen LogP contribution in [0.1, 0.15) is 39.6 Å². The largest absolute Gasteiger partial charge is 0.444 e. The topological polar surface area (TPSA) is 71.7 Å². The number of aromatic nitrogens is 2. The molecule has 27 heavy (non-hydrogen) atoms. The maximum Gasteiger partial charge on any atom is 0.410 e. The van der Waals surface area contributed by atoms with Crippen molar-refractivity contribution < 1.29 is 13.9 Å². The molecule has 0 aliphatic carbocycles. The van der Waals surface area contributed by atoms with Crippen molar-refractivity contribution in [2.75, 3.05) is 26.2 Å². The van der Waals surface area contributed by atoms with Crippen LogP contribution in [0.3, 0.4) is 0 Å². The van der Waals surface area contributed by atoms with Gasteiger partial charge < -0.3 is 14.1 Å². The zero-order valence-corrected chi connectivity index (χ0v) is 16.9. The minimum atomic E-state index is -0.484. The van der Waals surface area contributed by atoms with E-state index < -0.39 is 5.60 Å². The van der Waals surface area contributed by atoms with Crippen LogP contribution in [0, 0.1) is 0 Å². The molecule has 1 fully saturated rings. The molecule has 1 atom stereocenters. The lowest BCUT2D eigenvalue weighted by atomic mass is 10.2. The van der Waals surface area contributed by atoms with Crippen molar-refractivity contribution in [3.63, 3.8) is 0 Å². The van der Waals surface area contributed by atoms with E-state index in [1.165, 1.54) is 0 Å². The Hall–Kier alpha value is -2.12. The third kappa shape index (κ3) is 4.99. The van der Waals surface area contributed by atoms with E-state index in [1.807, 2.05) is 39.8 Å². The van der Waals surface area contributed by atoms with E-state index >= 15 is 0 Å². The van der Waals surface area contributed by atoms with Gasteiger partial charge in [0.25, 0.3) is 0 Å². The summed E-state index contributed by atoms with van der Waals surface area (Å²) in [5, 5.41) is 8.96. The molecule has 0 saturated carbocycles. The van der Waals surface area contributed by atoms with E-state index in [4.69, 9.17) is 20.8 Å². The lowest BCUT2D eigenvalue weighted by Gasteiger charge is -2.37. The van der Waals surface area contributed by atoms with E-state index in [9.17, 15) is 4.79 Å². The summed E-state index contributed by atoms with van der Waals surface area (Å²) in [5.41, 5.74) is 0.311. The zero-order chi connectivity index (χ0) is 19.6. The molecule has 0 spiro atoms. The smallest absolute Gasteiger partial charge is 0.410 e. The van der Waals surface area contributed by atoms with Crippen LogP contribution in [0.4, 0.5) is 4.79 Å². The monoisotopic (exact) mass is 392 g/mol. The Morgan fingerprint density at radius 2 is 1.93 bits per heavy atom. The fourth-order valence-corrected chi connectivity index (χ4v) is 3.11. The molecule has 3 rings (SSSR count). The molecule has 0 N–H and O–H groups in total. The van der Waals surface area contributed by atoms with Crippen LogP contribution in [-0.4, -0.2) is 57.9 Å². The van der Waals surface area contributed by atoms with Gasteiger partial charge in [0.05, 0.1) is 6.04 Å². The molecule has 0 bridgehead atoms. The van der Waals surface area contributed by atoms with Crippen molar-refractivity contribution in [2.24, 2.45) is 0 Å². The molecule has 0 radical (unpaired) electrons. The summed E-state index contributed by atoms with van der Waals surface area (Å²) in [7, 11) is 0. The molecule has 146 valence electrons. The van der Waals surface area contributed by atoms with Crippen molar-refractivity contribution >= 4 is 17.7 Å². The minimum Gasteiger partial charge on any atom is -0.444 e. The number of hydrogen-bond acceptors (Lipinski definition) is 6. The predicted octanol–water partition coefficient (Wildman–Crippen LogP) is 4.00. The molecule has 1 aliphatic rings. The van der Waals surface area contributed by atoms with Crippen molar-refractivity contribution in [3.05, 3.63) is 35.2 Å². The quantitative estimate of drug-likeness (QED) is 0.786. The second-order valence-corrected chi connectivity index (χ2v) is 8.07. The van der Waals surface area contributed by atoms with Gasteiger partial charge >= 0.3 is 6.09 Å². The highest BCUT2D eigenvalue weighted by molar-refractivity contribution is 6.30. The van der Waals surface area contributed by atoms with E-state index in [0.29, 0.717) is 29.9 Å². The van der Waals surface area contributed by atoms with Crippen LogP contribution in [0.25, 0.3) is 11.5 Å². The zero-order valence-electron chi connectivity index (χ0n) is 16.1. The summed E-state index contributed by atoms with van der Waals surface area (Å²) in [5.74, 6) is 1.00. The molecule has 7 nitrogen and oxygen atoms in total. The Balaban J connectivity index is 1.60. The molecule has 2 heterocycles. The molecule has 1 aliphatic heterocycles. The Bertz CT molecular complexity index is 794. The number of carbonyl (C=O) groups is 1. The number of piperazine rings is 1. The minimum absolute atomic E-state index is 0.0359. The van der Waals surface area contributed by atoms with Gasteiger partial charge in [-0.2, -0.15) is 0 Å². The van der Waals surface area contributed by atoms with Gasteiger partial charge in [-0.3, -0.25) is 4.90 Å². The Morgan fingerprint density at radius 1 is 1.22 bits per heavy atom. The first-order valence-electron chi connectivity index (χ1n) is 9.04. The van der Waals surface area contributed by atoms with Gasteiger partial charge in [-0.05, 0) is 45.9 Å². The summed E-state index contributed by atoms with van der Waals surface area (Å²) in [4.78, 5) is 16.1. The highest BCUT2D eigenvalue weighted by Crippen LogP contribution is 2.26. The maximum atomic E-state index is 12.2. The summed E-state index contributed by atoms with van der Waals surface area (Å²) in [6.07, 6.45) is -0.268. The summed E-state index contributed by atoms with van der Waals surface area (Å²) in [6, 6.07) is 7.29. The first-order chi connectivity index (χ1) is 12.7. The molecule has 1 saturated heterocycles. The Morgan fingerprint density at radius 3 is 2.56 bits per heavy atom. The number of hydrogen-bond donors (Lipinski definition) is 0. The predicted molar refractivity (Wildman–Crippen MR) is 103 cm³/mol. The molecular formula is C19H25ClN4O3. The summed E-state index contributed by atoms with van der Waals surface area (Å²) >= 11 is 6.02. The molecule has 2 aromatic rings. The fraction of sp³-hybridized carbons (Fsp3) is 0.526. The van der Waals surface area contributed by atoms with Gasteiger partial charge in [0.2, 0.25) is 11.8 Å². The first kappa shape index (κ1) is 19.6. The first-order valence-corrected chi connectivity index (χ1v) is 9.42. The second kappa shape index (κ2) is 7.86. The summed E-state index contributed by atoms with van der Waals surface area (Å²) < 4.78 is 11.3. The van der Waals surface area contributed by atoms with Gasteiger partial charge in [-0.25, -0.2) is 4.79 Å².